The number of hydrogen-bond donors (Lipinski definition) is 2. The SMILES string of the molecule is COc1cc(Br)c(C(NC(=O)OCc2ccccc2)C(=O)O)cc1OC. The minimum absolute atomic E-state index is 0.0338. The quantitative estimate of drug-likeness (QED) is 0.707. The Kier molecular flexibility index (Phi) is 6.85. The molecule has 2 aromatic rings. The minimum Gasteiger partial charge on any atom is -0.493 e. The molecule has 0 aliphatic rings. The number of aliphatic carboxylic acids is 1. The van der Waals surface area contributed by atoms with Gasteiger partial charge in [-0.25, -0.2) is 9.59 Å². The van der Waals surface area contributed by atoms with Gasteiger partial charge in [-0.1, -0.05) is 46.3 Å². The van der Waals surface area contributed by atoms with Crippen molar-refractivity contribution >= 4 is 28.0 Å². The van der Waals surface area contributed by atoms with Gasteiger partial charge in [-0.05, 0) is 17.7 Å². The van der Waals surface area contributed by atoms with Gasteiger partial charge in [0.1, 0.15) is 6.61 Å². The molecule has 2 rings (SSSR count). The second kappa shape index (κ2) is 9.10. The summed E-state index contributed by atoms with van der Waals surface area (Å²) in [6.07, 6.45) is -0.845. The monoisotopic (exact) mass is 423 g/mol. The molecule has 0 radical (unpaired) electrons. The fourth-order valence-electron chi connectivity index (χ4n) is 2.25. The van der Waals surface area contributed by atoms with E-state index < -0.39 is 18.1 Å². The van der Waals surface area contributed by atoms with E-state index in [1.54, 1.807) is 18.2 Å². The van der Waals surface area contributed by atoms with Crippen LogP contribution in [0.2, 0.25) is 0 Å². The average molecular weight is 424 g/mol. The van der Waals surface area contributed by atoms with Crippen LogP contribution in [0, 0.1) is 0 Å². The van der Waals surface area contributed by atoms with Crippen molar-refractivity contribution in [2.75, 3.05) is 14.2 Å². The molecule has 7 nitrogen and oxygen atoms in total. The first-order valence-electron chi connectivity index (χ1n) is 7.57. The molecule has 0 aliphatic carbocycles. The molecule has 0 heterocycles. The molecule has 1 unspecified atom stereocenters. The number of carboxylic acid groups (broad SMARTS) is 1. The predicted molar refractivity (Wildman–Crippen MR) is 97.4 cm³/mol. The molecular weight excluding hydrogens is 406 g/mol. The van der Waals surface area contributed by atoms with E-state index >= 15 is 0 Å². The zero-order valence-electron chi connectivity index (χ0n) is 14.2. The first kappa shape index (κ1) is 19.6. The van der Waals surface area contributed by atoms with Crippen molar-refractivity contribution < 1.29 is 28.9 Å². The first-order valence-corrected chi connectivity index (χ1v) is 8.37. The molecule has 2 aromatic carbocycles. The molecule has 0 aromatic heterocycles. The number of carboxylic acids is 1. The Morgan fingerprint density at radius 3 is 2.31 bits per heavy atom. The normalized spacial score (nSPS) is 11.3. The van der Waals surface area contributed by atoms with Crippen LogP contribution in [0.25, 0.3) is 0 Å². The summed E-state index contributed by atoms with van der Waals surface area (Å²) in [6.45, 7) is 0.0338. The van der Waals surface area contributed by atoms with Gasteiger partial charge in [0.15, 0.2) is 17.5 Å². The summed E-state index contributed by atoms with van der Waals surface area (Å²) in [5.74, 6) is -0.468. The molecule has 0 saturated heterocycles. The lowest BCUT2D eigenvalue weighted by atomic mass is 10.1. The highest BCUT2D eigenvalue weighted by Crippen LogP contribution is 2.36. The maximum Gasteiger partial charge on any atom is 0.408 e. The number of nitrogens with one attached hydrogen (secondary N) is 1. The zero-order chi connectivity index (χ0) is 19.1. The number of ether oxygens (including phenoxy) is 3. The van der Waals surface area contributed by atoms with Gasteiger partial charge < -0.3 is 24.6 Å². The predicted octanol–water partition coefficient (Wildman–Crippen LogP) is 3.52. The third-order valence-electron chi connectivity index (χ3n) is 3.54. The topological polar surface area (TPSA) is 94.1 Å². The highest BCUT2D eigenvalue weighted by molar-refractivity contribution is 9.10. The maximum atomic E-state index is 12.0. The van der Waals surface area contributed by atoms with Crippen molar-refractivity contribution in [2.45, 2.75) is 12.6 Å². The lowest BCUT2D eigenvalue weighted by Crippen LogP contribution is -2.34. The standard InChI is InChI=1S/C18H18BrNO6/c1-24-14-8-12(13(19)9-15(14)25-2)16(17(21)22)20-18(23)26-10-11-6-4-3-5-7-11/h3-9,16H,10H2,1-2H3,(H,20,23)(H,21,22). The fraction of sp³-hybridized carbons (Fsp3) is 0.222. The van der Waals surface area contributed by atoms with Gasteiger partial charge in [0.2, 0.25) is 0 Å². The lowest BCUT2D eigenvalue weighted by Gasteiger charge is -2.18. The van der Waals surface area contributed by atoms with Crippen molar-refractivity contribution in [3.05, 3.63) is 58.1 Å². The Labute approximate surface area is 159 Å². The van der Waals surface area contributed by atoms with E-state index in [9.17, 15) is 14.7 Å². The number of hydrogen-bond acceptors (Lipinski definition) is 5. The highest BCUT2D eigenvalue weighted by Gasteiger charge is 2.26. The van der Waals surface area contributed by atoms with Gasteiger partial charge in [-0.3, -0.25) is 0 Å². The maximum absolute atomic E-state index is 12.0. The Balaban J connectivity index is 2.16. The van der Waals surface area contributed by atoms with E-state index in [4.69, 9.17) is 14.2 Å². The third-order valence-corrected chi connectivity index (χ3v) is 4.22. The van der Waals surface area contributed by atoms with Crippen LogP contribution in [0.3, 0.4) is 0 Å². The molecule has 0 aliphatic heterocycles. The van der Waals surface area contributed by atoms with E-state index in [1.165, 1.54) is 20.3 Å². The number of benzene rings is 2. The largest absolute Gasteiger partial charge is 0.493 e. The Morgan fingerprint density at radius 1 is 1.12 bits per heavy atom. The van der Waals surface area contributed by atoms with Crippen LogP contribution in [0.4, 0.5) is 4.79 Å². The van der Waals surface area contributed by atoms with Crippen molar-refractivity contribution in [3.8, 4) is 11.5 Å². The van der Waals surface area contributed by atoms with Gasteiger partial charge in [-0.15, -0.1) is 0 Å². The Morgan fingerprint density at radius 2 is 1.73 bits per heavy atom. The molecule has 2 N–H and O–H groups in total. The van der Waals surface area contributed by atoms with Crippen molar-refractivity contribution in [1.29, 1.82) is 0 Å². The number of rotatable bonds is 7. The number of halogens is 1. The van der Waals surface area contributed by atoms with E-state index in [0.29, 0.717) is 21.5 Å². The van der Waals surface area contributed by atoms with Crippen LogP contribution < -0.4 is 14.8 Å². The number of amides is 1. The molecule has 138 valence electrons. The summed E-state index contributed by atoms with van der Waals surface area (Å²) < 4.78 is 15.9. The van der Waals surface area contributed by atoms with Gasteiger partial charge >= 0.3 is 12.1 Å². The molecule has 0 bridgehead atoms. The zero-order valence-corrected chi connectivity index (χ0v) is 15.8. The molecule has 8 heteroatoms. The van der Waals surface area contributed by atoms with Gasteiger partial charge in [0, 0.05) is 10.0 Å². The number of carbonyl (C=O) groups excluding carboxylic acids is 1. The first-order chi connectivity index (χ1) is 12.5. The summed E-state index contributed by atoms with van der Waals surface area (Å²) in [6, 6.07) is 10.8. The molecular formula is C18H18BrNO6. The van der Waals surface area contributed by atoms with E-state index in [0.717, 1.165) is 5.56 Å². The van der Waals surface area contributed by atoms with Crippen LogP contribution in [-0.2, 0) is 16.1 Å². The highest BCUT2D eigenvalue weighted by atomic mass is 79.9. The number of alkyl carbamates (subject to hydrolysis) is 1. The van der Waals surface area contributed by atoms with Crippen LogP contribution in [0.15, 0.2) is 46.9 Å². The molecule has 1 amide bonds. The summed E-state index contributed by atoms with van der Waals surface area (Å²) >= 11 is 3.29. The van der Waals surface area contributed by atoms with Gasteiger partial charge in [0.25, 0.3) is 0 Å². The van der Waals surface area contributed by atoms with Crippen LogP contribution >= 0.6 is 15.9 Å². The van der Waals surface area contributed by atoms with Crippen LogP contribution in [0.5, 0.6) is 11.5 Å². The smallest absolute Gasteiger partial charge is 0.408 e. The molecule has 1 atom stereocenters. The summed E-state index contributed by atoms with van der Waals surface area (Å²) in [4.78, 5) is 23.7. The van der Waals surface area contributed by atoms with E-state index in [1.807, 2.05) is 18.2 Å². The molecule has 0 spiro atoms. The second-order valence-corrected chi connectivity index (χ2v) is 6.06. The van der Waals surface area contributed by atoms with Crippen LogP contribution in [0.1, 0.15) is 17.2 Å². The van der Waals surface area contributed by atoms with E-state index in [-0.39, 0.29) is 6.61 Å². The second-order valence-electron chi connectivity index (χ2n) is 5.21. The Bertz CT molecular complexity index is 781. The number of methoxy groups -OCH3 is 2. The Hall–Kier alpha value is -2.74. The van der Waals surface area contributed by atoms with E-state index in [2.05, 4.69) is 21.2 Å². The fourth-order valence-corrected chi connectivity index (χ4v) is 2.80. The lowest BCUT2D eigenvalue weighted by molar-refractivity contribution is -0.139. The average Bonchev–Trinajstić information content (AvgIpc) is 2.65. The summed E-state index contributed by atoms with van der Waals surface area (Å²) in [5, 5.41) is 11.9. The van der Waals surface area contributed by atoms with Gasteiger partial charge in [0.05, 0.1) is 14.2 Å². The van der Waals surface area contributed by atoms with Crippen molar-refractivity contribution in [1.82, 2.24) is 5.32 Å². The molecule has 0 fully saturated rings. The molecule has 0 saturated carbocycles. The third kappa shape index (κ3) is 4.89. The number of carbonyl (C=O) groups is 2. The van der Waals surface area contributed by atoms with Crippen molar-refractivity contribution in [3.63, 3.8) is 0 Å². The summed E-state index contributed by atoms with van der Waals surface area (Å²) in [7, 11) is 2.91. The minimum atomic E-state index is -1.33. The van der Waals surface area contributed by atoms with Crippen molar-refractivity contribution in [2.24, 2.45) is 0 Å². The molecule has 26 heavy (non-hydrogen) atoms. The van der Waals surface area contributed by atoms with Gasteiger partial charge in [-0.2, -0.15) is 0 Å². The summed E-state index contributed by atoms with van der Waals surface area (Å²) in [5.41, 5.74) is 1.09. The van der Waals surface area contributed by atoms with Crippen LogP contribution in [-0.4, -0.2) is 31.4 Å².